The van der Waals surface area contributed by atoms with Crippen molar-refractivity contribution in [3.63, 3.8) is 0 Å². The monoisotopic (exact) mass is 409 g/mol. The summed E-state index contributed by atoms with van der Waals surface area (Å²) < 4.78 is 40.1. The van der Waals surface area contributed by atoms with Crippen LogP contribution in [0.5, 0.6) is 0 Å². The Labute approximate surface area is 162 Å². The maximum Gasteiger partial charge on any atom is 0.306 e. The summed E-state index contributed by atoms with van der Waals surface area (Å²) in [6, 6.07) is 7.16. The second-order valence-electron chi connectivity index (χ2n) is 5.94. The molecular weight excluding hydrogens is 389 g/mol. The number of anilines is 1. The van der Waals surface area contributed by atoms with Crippen molar-refractivity contribution in [2.45, 2.75) is 25.7 Å². The summed E-state index contributed by atoms with van der Waals surface area (Å²) in [5, 5.41) is 13.3. The van der Waals surface area contributed by atoms with Crippen LogP contribution in [0, 0.1) is 22.9 Å². The van der Waals surface area contributed by atoms with E-state index in [1.54, 1.807) is 20.8 Å². The van der Waals surface area contributed by atoms with Gasteiger partial charge in [-0.25, -0.2) is 8.42 Å². The van der Waals surface area contributed by atoms with E-state index in [1.807, 2.05) is 0 Å². The number of nitro benzene ring substituents is 1. The van der Waals surface area contributed by atoms with Crippen LogP contribution in [-0.4, -0.2) is 36.6 Å². The Hall–Kier alpha value is -2.85. The molecule has 0 atom stereocenters. The third kappa shape index (κ3) is 4.34. The van der Waals surface area contributed by atoms with Crippen LogP contribution in [0.4, 0.5) is 15.8 Å². The Kier molecular flexibility index (Phi) is 6.47. The lowest BCUT2D eigenvalue weighted by Crippen LogP contribution is -2.30. The van der Waals surface area contributed by atoms with Gasteiger partial charge in [0.1, 0.15) is 0 Å². The van der Waals surface area contributed by atoms with Crippen molar-refractivity contribution in [1.29, 1.82) is 0 Å². The van der Waals surface area contributed by atoms with Crippen molar-refractivity contribution in [3.05, 3.63) is 63.5 Å². The SMILES string of the molecule is CCN(CC)S(=O)(=O)c1ccc(C)c(C(=O)Nc2ccc(F)c([N+](=O)[O-])c2)c1. The van der Waals surface area contributed by atoms with Gasteiger partial charge in [-0.1, -0.05) is 19.9 Å². The van der Waals surface area contributed by atoms with Gasteiger partial charge >= 0.3 is 5.69 Å². The molecule has 0 aliphatic carbocycles. The van der Waals surface area contributed by atoms with E-state index in [0.29, 0.717) is 5.56 Å². The van der Waals surface area contributed by atoms with Gasteiger partial charge < -0.3 is 5.32 Å². The lowest BCUT2D eigenvalue weighted by molar-refractivity contribution is -0.387. The number of aryl methyl sites for hydroxylation is 1. The summed E-state index contributed by atoms with van der Waals surface area (Å²) in [5.74, 6) is -1.68. The Morgan fingerprint density at radius 3 is 2.39 bits per heavy atom. The van der Waals surface area contributed by atoms with Gasteiger partial charge in [-0.3, -0.25) is 14.9 Å². The van der Waals surface area contributed by atoms with Crippen LogP contribution in [0.15, 0.2) is 41.3 Å². The quantitative estimate of drug-likeness (QED) is 0.557. The lowest BCUT2D eigenvalue weighted by Gasteiger charge is -2.19. The molecule has 150 valence electrons. The number of carbonyl (C=O) groups excluding carboxylic acids is 1. The molecule has 1 amide bonds. The number of nitrogens with zero attached hydrogens (tertiary/aromatic N) is 2. The Morgan fingerprint density at radius 1 is 1.18 bits per heavy atom. The fraction of sp³-hybridized carbons (Fsp3) is 0.278. The number of benzene rings is 2. The maximum absolute atomic E-state index is 13.4. The van der Waals surface area contributed by atoms with E-state index in [-0.39, 0.29) is 29.2 Å². The molecule has 0 aromatic heterocycles. The summed E-state index contributed by atoms with van der Waals surface area (Å²) in [5.41, 5.74) is -0.130. The van der Waals surface area contributed by atoms with Crippen LogP contribution in [0.2, 0.25) is 0 Å². The van der Waals surface area contributed by atoms with E-state index >= 15 is 0 Å². The van der Waals surface area contributed by atoms with Crippen LogP contribution in [0.1, 0.15) is 29.8 Å². The number of amides is 1. The number of rotatable bonds is 7. The van der Waals surface area contributed by atoms with Gasteiger partial charge in [-0.15, -0.1) is 0 Å². The van der Waals surface area contributed by atoms with Crippen molar-refractivity contribution in [2.75, 3.05) is 18.4 Å². The van der Waals surface area contributed by atoms with E-state index < -0.39 is 32.4 Å². The zero-order valence-electron chi connectivity index (χ0n) is 15.6. The molecule has 10 heteroatoms. The van der Waals surface area contributed by atoms with Gasteiger partial charge in [0.2, 0.25) is 15.8 Å². The zero-order chi connectivity index (χ0) is 21.1. The Bertz CT molecular complexity index is 1020. The molecule has 0 heterocycles. The van der Waals surface area contributed by atoms with Crippen molar-refractivity contribution >= 4 is 27.3 Å². The van der Waals surface area contributed by atoms with E-state index in [4.69, 9.17) is 0 Å². The van der Waals surface area contributed by atoms with Crippen LogP contribution in [0.25, 0.3) is 0 Å². The van der Waals surface area contributed by atoms with Crippen LogP contribution in [0.3, 0.4) is 0 Å². The number of hydrogen-bond acceptors (Lipinski definition) is 5. The standard InChI is InChI=1S/C18H20FN3O5S/c1-4-21(5-2)28(26,27)14-8-6-12(3)15(11-14)18(23)20-13-7-9-16(19)17(10-13)22(24)25/h6-11H,4-5H2,1-3H3,(H,20,23). The fourth-order valence-corrected chi connectivity index (χ4v) is 4.13. The van der Waals surface area contributed by atoms with Gasteiger partial charge in [0.15, 0.2) is 0 Å². The lowest BCUT2D eigenvalue weighted by atomic mass is 10.1. The molecule has 0 saturated carbocycles. The van der Waals surface area contributed by atoms with Gasteiger partial charge in [-0.2, -0.15) is 8.70 Å². The molecule has 0 bridgehead atoms. The van der Waals surface area contributed by atoms with Crippen molar-refractivity contribution in [2.24, 2.45) is 0 Å². The van der Waals surface area contributed by atoms with Crippen LogP contribution in [-0.2, 0) is 10.0 Å². The molecule has 0 saturated heterocycles. The van der Waals surface area contributed by atoms with Crippen molar-refractivity contribution < 1.29 is 22.5 Å². The first-order valence-corrected chi connectivity index (χ1v) is 9.91. The van der Waals surface area contributed by atoms with E-state index in [9.17, 15) is 27.7 Å². The number of halogens is 1. The average molecular weight is 409 g/mol. The molecule has 0 radical (unpaired) electrons. The van der Waals surface area contributed by atoms with Gasteiger partial charge in [0, 0.05) is 30.4 Å². The minimum absolute atomic E-state index is 0.0227. The first-order valence-electron chi connectivity index (χ1n) is 8.47. The number of sulfonamides is 1. The van der Waals surface area contributed by atoms with Crippen molar-refractivity contribution in [1.82, 2.24) is 4.31 Å². The molecule has 2 aromatic carbocycles. The largest absolute Gasteiger partial charge is 0.322 e. The highest BCUT2D eigenvalue weighted by Crippen LogP contribution is 2.24. The fourth-order valence-electron chi connectivity index (χ4n) is 2.65. The highest BCUT2D eigenvalue weighted by atomic mass is 32.2. The minimum atomic E-state index is -3.76. The smallest absolute Gasteiger partial charge is 0.306 e. The average Bonchev–Trinajstić information content (AvgIpc) is 2.63. The van der Waals surface area contributed by atoms with Crippen LogP contribution >= 0.6 is 0 Å². The number of nitrogens with one attached hydrogen (secondary N) is 1. The minimum Gasteiger partial charge on any atom is -0.322 e. The first kappa shape index (κ1) is 21.5. The van der Waals surface area contributed by atoms with E-state index in [0.717, 1.165) is 12.1 Å². The summed E-state index contributed by atoms with van der Waals surface area (Å²) in [4.78, 5) is 22.5. The van der Waals surface area contributed by atoms with Gasteiger partial charge in [0.25, 0.3) is 5.91 Å². The number of hydrogen-bond donors (Lipinski definition) is 1. The maximum atomic E-state index is 13.4. The summed E-state index contributed by atoms with van der Waals surface area (Å²) in [7, 11) is -3.76. The molecule has 0 spiro atoms. The second-order valence-corrected chi connectivity index (χ2v) is 7.88. The summed E-state index contributed by atoms with van der Waals surface area (Å²) in [6.07, 6.45) is 0. The number of carbonyl (C=O) groups is 1. The predicted octanol–water partition coefficient (Wildman–Crippen LogP) is 3.33. The molecule has 0 aliphatic heterocycles. The highest BCUT2D eigenvalue weighted by Gasteiger charge is 2.24. The zero-order valence-corrected chi connectivity index (χ0v) is 16.4. The summed E-state index contributed by atoms with van der Waals surface area (Å²) >= 11 is 0. The topological polar surface area (TPSA) is 110 Å². The third-order valence-electron chi connectivity index (χ3n) is 4.20. The van der Waals surface area contributed by atoms with E-state index in [2.05, 4.69) is 5.32 Å². The second kappa shape index (κ2) is 8.44. The molecular formula is C18H20FN3O5S. The molecule has 2 rings (SSSR count). The van der Waals surface area contributed by atoms with Gasteiger partial charge in [-0.05, 0) is 36.8 Å². The summed E-state index contributed by atoms with van der Waals surface area (Å²) in [6.45, 7) is 5.63. The van der Waals surface area contributed by atoms with Gasteiger partial charge in [0.05, 0.1) is 9.82 Å². The molecule has 0 unspecified atom stereocenters. The number of nitro groups is 1. The molecule has 2 aromatic rings. The van der Waals surface area contributed by atoms with Crippen molar-refractivity contribution in [3.8, 4) is 0 Å². The Balaban J connectivity index is 2.39. The van der Waals surface area contributed by atoms with E-state index in [1.165, 1.54) is 28.6 Å². The molecule has 0 aliphatic rings. The highest BCUT2D eigenvalue weighted by molar-refractivity contribution is 7.89. The van der Waals surface area contributed by atoms with Crippen LogP contribution < -0.4 is 5.32 Å². The molecule has 28 heavy (non-hydrogen) atoms. The molecule has 1 N–H and O–H groups in total. The third-order valence-corrected chi connectivity index (χ3v) is 6.24. The predicted molar refractivity (Wildman–Crippen MR) is 102 cm³/mol. The molecule has 8 nitrogen and oxygen atoms in total. The molecule has 0 fully saturated rings. The normalized spacial score (nSPS) is 11.5. The Morgan fingerprint density at radius 2 is 1.82 bits per heavy atom. The first-order chi connectivity index (χ1) is 13.1.